The zero-order chi connectivity index (χ0) is 21.4. The molecule has 0 N–H and O–H groups in total. The van der Waals surface area contributed by atoms with Crippen LogP contribution in [0.5, 0.6) is 0 Å². The summed E-state index contributed by atoms with van der Waals surface area (Å²) in [6, 6.07) is 18.9. The quantitative estimate of drug-likeness (QED) is 0.496. The molecule has 5 heteroatoms. The van der Waals surface area contributed by atoms with Crippen LogP contribution in [0.15, 0.2) is 71.7 Å². The van der Waals surface area contributed by atoms with Crippen molar-refractivity contribution in [2.45, 2.75) is 33.0 Å². The van der Waals surface area contributed by atoms with Crippen LogP contribution >= 0.6 is 0 Å². The van der Waals surface area contributed by atoms with Crippen LogP contribution in [0.2, 0.25) is 0 Å². The molecule has 0 aliphatic carbocycles. The maximum atomic E-state index is 13.6. The van der Waals surface area contributed by atoms with Crippen molar-refractivity contribution in [2.24, 2.45) is 0 Å². The van der Waals surface area contributed by atoms with E-state index in [1.165, 1.54) is 11.6 Å². The highest BCUT2D eigenvalue weighted by molar-refractivity contribution is 5.80. The maximum Gasteiger partial charge on any atom is 0.257 e. The van der Waals surface area contributed by atoms with Crippen molar-refractivity contribution in [3.8, 4) is 0 Å². The van der Waals surface area contributed by atoms with E-state index in [-0.39, 0.29) is 11.4 Å². The SMILES string of the molecule is Cc1ccc(Cn2c(=O)c3c(c4cccnc42)CCN(Cc2cccc(F)c2)C3)cc1. The molecule has 4 nitrogen and oxygen atoms in total. The summed E-state index contributed by atoms with van der Waals surface area (Å²) in [5, 5.41) is 1.05. The standard InChI is InChI=1S/C26H24FN3O/c1-18-7-9-19(10-8-18)16-30-25-23(6-3-12-28-25)22-11-13-29(17-24(22)26(30)31)15-20-4-2-5-21(27)14-20/h2-10,12,14H,11,13,15-17H2,1H3. The van der Waals surface area contributed by atoms with Gasteiger partial charge in [0.05, 0.1) is 6.54 Å². The lowest BCUT2D eigenvalue weighted by Crippen LogP contribution is -2.37. The molecule has 2 aromatic heterocycles. The summed E-state index contributed by atoms with van der Waals surface area (Å²) >= 11 is 0. The second-order valence-corrected chi connectivity index (χ2v) is 8.30. The van der Waals surface area contributed by atoms with Gasteiger partial charge in [0.1, 0.15) is 11.5 Å². The van der Waals surface area contributed by atoms with E-state index in [4.69, 9.17) is 0 Å². The molecular formula is C26H24FN3O. The van der Waals surface area contributed by atoms with Gasteiger partial charge in [0.2, 0.25) is 0 Å². The van der Waals surface area contributed by atoms with Crippen molar-refractivity contribution in [2.75, 3.05) is 6.54 Å². The van der Waals surface area contributed by atoms with Gasteiger partial charge in [-0.3, -0.25) is 14.3 Å². The molecule has 5 rings (SSSR count). The minimum absolute atomic E-state index is 0.0192. The third kappa shape index (κ3) is 3.89. The summed E-state index contributed by atoms with van der Waals surface area (Å²) in [6.07, 6.45) is 2.53. The Bertz CT molecular complexity index is 1310. The van der Waals surface area contributed by atoms with Gasteiger partial charge in [-0.05, 0) is 54.3 Å². The van der Waals surface area contributed by atoms with E-state index in [0.717, 1.165) is 46.3 Å². The predicted octanol–water partition coefficient (Wildman–Crippen LogP) is 4.45. The van der Waals surface area contributed by atoms with Crippen molar-refractivity contribution in [1.82, 2.24) is 14.5 Å². The number of benzene rings is 2. The van der Waals surface area contributed by atoms with Gasteiger partial charge in [0.25, 0.3) is 5.56 Å². The van der Waals surface area contributed by atoms with E-state index in [9.17, 15) is 9.18 Å². The number of fused-ring (bicyclic) bond motifs is 3. The van der Waals surface area contributed by atoms with E-state index in [2.05, 4.69) is 47.1 Å². The maximum absolute atomic E-state index is 13.6. The molecule has 0 spiro atoms. The van der Waals surface area contributed by atoms with Crippen molar-refractivity contribution in [3.05, 3.63) is 111 Å². The Labute approximate surface area is 180 Å². The molecule has 0 saturated carbocycles. The van der Waals surface area contributed by atoms with Crippen LogP contribution in [-0.4, -0.2) is 21.0 Å². The number of aromatic nitrogens is 2. The predicted molar refractivity (Wildman–Crippen MR) is 121 cm³/mol. The minimum atomic E-state index is -0.229. The van der Waals surface area contributed by atoms with Gasteiger partial charge >= 0.3 is 0 Å². The fraction of sp³-hybridized carbons (Fsp3) is 0.231. The van der Waals surface area contributed by atoms with Gasteiger partial charge in [-0.15, -0.1) is 0 Å². The largest absolute Gasteiger partial charge is 0.294 e. The zero-order valence-corrected chi connectivity index (χ0v) is 17.5. The van der Waals surface area contributed by atoms with Gasteiger partial charge in [-0.2, -0.15) is 0 Å². The number of nitrogens with zero attached hydrogens (tertiary/aromatic N) is 3. The highest BCUT2D eigenvalue weighted by Crippen LogP contribution is 2.25. The summed E-state index contributed by atoms with van der Waals surface area (Å²) < 4.78 is 15.4. The number of aryl methyl sites for hydroxylation is 1. The Morgan fingerprint density at radius 2 is 1.81 bits per heavy atom. The van der Waals surface area contributed by atoms with Crippen LogP contribution in [0.1, 0.15) is 27.8 Å². The Kier molecular flexibility index (Phi) is 5.12. The van der Waals surface area contributed by atoms with E-state index in [1.54, 1.807) is 22.9 Å². The molecule has 0 radical (unpaired) electrons. The first-order valence-electron chi connectivity index (χ1n) is 10.6. The molecule has 1 aliphatic rings. The average molecular weight is 413 g/mol. The molecule has 0 saturated heterocycles. The smallest absolute Gasteiger partial charge is 0.257 e. The molecule has 0 fully saturated rings. The van der Waals surface area contributed by atoms with Gasteiger partial charge in [0.15, 0.2) is 0 Å². The van der Waals surface area contributed by atoms with E-state index >= 15 is 0 Å². The first-order chi connectivity index (χ1) is 15.1. The first-order valence-corrected chi connectivity index (χ1v) is 10.6. The second kappa shape index (κ2) is 8.08. The number of pyridine rings is 2. The number of rotatable bonds is 4. The molecule has 0 unspecified atom stereocenters. The second-order valence-electron chi connectivity index (χ2n) is 8.30. The van der Waals surface area contributed by atoms with Gasteiger partial charge in [0, 0.05) is 36.8 Å². The van der Waals surface area contributed by atoms with Gasteiger partial charge in [-0.1, -0.05) is 42.0 Å². The Balaban J connectivity index is 1.54. The Morgan fingerprint density at radius 1 is 0.968 bits per heavy atom. The fourth-order valence-corrected chi connectivity index (χ4v) is 4.47. The summed E-state index contributed by atoms with van der Waals surface area (Å²) in [6.45, 7) is 4.56. The van der Waals surface area contributed by atoms with Crippen LogP contribution in [-0.2, 0) is 26.1 Å². The minimum Gasteiger partial charge on any atom is -0.294 e. The van der Waals surface area contributed by atoms with Crippen LogP contribution in [0, 0.1) is 12.7 Å². The van der Waals surface area contributed by atoms with Crippen molar-refractivity contribution in [1.29, 1.82) is 0 Å². The Morgan fingerprint density at radius 3 is 2.61 bits per heavy atom. The summed E-state index contributed by atoms with van der Waals surface area (Å²) in [7, 11) is 0. The average Bonchev–Trinajstić information content (AvgIpc) is 2.78. The number of hydrogen-bond acceptors (Lipinski definition) is 3. The number of hydrogen-bond donors (Lipinski definition) is 0. The lowest BCUT2D eigenvalue weighted by Gasteiger charge is -2.30. The number of halogens is 1. The lowest BCUT2D eigenvalue weighted by molar-refractivity contribution is 0.244. The lowest BCUT2D eigenvalue weighted by atomic mass is 9.97. The van der Waals surface area contributed by atoms with Gasteiger partial charge < -0.3 is 0 Å². The fourth-order valence-electron chi connectivity index (χ4n) is 4.47. The van der Waals surface area contributed by atoms with Crippen LogP contribution in [0.3, 0.4) is 0 Å². The zero-order valence-electron chi connectivity index (χ0n) is 17.5. The molecule has 2 aromatic carbocycles. The molecule has 4 aromatic rings. The van der Waals surface area contributed by atoms with E-state index in [0.29, 0.717) is 19.6 Å². The van der Waals surface area contributed by atoms with E-state index in [1.807, 2.05) is 12.1 Å². The Hall–Kier alpha value is -3.31. The van der Waals surface area contributed by atoms with Crippen molar-refractivity contribution < 1.29 is 4.39 Å². The molecule has 0 amide bonds. The van der Waals surface area contributed by atoms with Crippen LogP contribution < -0.4 is 5.56 Å². The summed E-state index contributed by atoms with van der Waals surface area (Å²) in [5.41, 5.74) is 5.88. The molecule has 31 heavy (non-hydrogen) atoms. The van der Waals surface area contributed by atoms with Crippen LogP contribution in [0.4, 0.5) is 4.39 Å². The highest BCUT2D eigenvalue weighted by Gasteiger charge is 2.24. The molecule has 0 atom stereocenters. The van der Waals surface area contributed by atoms with Gasteiger partial charge in [-0.25, -0.2) is 9.37 Å². The third-order valence-electron chi connectivity index (χ3n) is 6.05. The topological polar surface area (TPSA) is 38.1 Å². The normalized spacial score (nSPS) is 14.0. The molecule has 1 aliphatic heterocycles. The van der Waals surface area contributed by atoms with Crippen LogP contribution in [0.25, 0.3) is 11.0 Å². The molecule has 3 heterocycles. The molecule has 156 valence electrons. The summed E-state index contributed by atoms with van der Waals surface area (Å²) in [4.78, 5) is 20.4. The third-order valence-corrected chi connectivity index (χ3v) is 6.05. The molecule has 0 bridgehead atoms. The van der Waals surface area contributed by atoms with E-state index < -0.39 is 0 Å². The van der Waals surface area contributed by atoms with Crippen molar-refractivity contribution >= 4 is 11.0 Å². The first kappa shape index (κ1) is 19.6. The highest BCUT2D eigenvalue weighted by atomic mass is 19.1. The van der Waals surface area contributed by atoms with Crippen molar-refractivity contribution in [3.63, 3.8) is 0 Å². The summed E-state index contributed by atoms with van der Waals surface area (Å²) in [5.74, 6) is -0.229. The molecular weight excluding hydrogens is 389 g/mol. The monoisotopic (exact) mass is 413 g/mol.